The maximum Gasteiger partial charge on any atom is 0.433 e. The van der Waals surface area contributed by atoms with Gasteiger partial charge in [-0.15, -0.1) is 11.3 Å². The van der Waals surface area contributed by atoms with Crippen LogP contribution in [0.2, 0.25) is 0 Å². The van der Waals surface area contributed by atoms with Crippen LogP contribution in [0.1, 0.15) is 23.4 Å². The number of aryl methyl sites for hydroxylation is 1. The lowest BCUT2D eigenvalue weighted by Crippen LogP contribution is -2.44. The second-order valence-electron chi connectivity index (χ2n) is 5.83. The van der Waals surface area contributed by atoms with Crippen LogP contribution in [0.15, 0.2) is 28.6 Å². The lowest BCUT2D eigenvalue weighted by Gasteiger charge is -2.31. The summed E-state index contributed by atoms with van der Waals surface area (Å²) in [4.78, 5) is 7.94. The minimum absolute atomic E-state index is 0.0406. The lowest BCUT2D eigenvalue weighted by molar-refractivity contribution is -0.141. The molecule has 1 aliphatic rings. The van der Waals surface area contributed by atoms with Crippen molar-refractivity contribution >= 4 is 21.4 Å². The van der Waals surface area contributed by atoms with Crippen molar-refractivity contribution in [1.29, 1.82) is 0 Å². The molecule has 6 nitrogen and oxygen atoms in total. The van der Waals surface area contributed by atoms with Gasteiger partial charge >= 0.3 is 12.2 Å². The van der Waals surface area contributed by atoms with E-state index in [0.717, 1.165) is 17.1 Å². The summed E-state index contributed by atoms with van der Waals surface area (Å²) in [5.41, 5.74) is -1.10. The first-order chi connectivity index (χ1) is 12.2. The molecular weight excluding hydrogens is 391 g/mol. The average Bonchev–Trinajstić information content (AvgIpc) is 3.02. The highest BCUT2D eigenvalue weighted by atomic mass is 32.2. The fourth-order valence-electron chi connectivity index (χ4n) is 2.60. The van der Waals surface area contributed by atoms with Crippen molar-refractivity contribution in [2.75, 3.05) is 13.1 Å². The molecule has 26 heavy (non-hydrogen) atoms. The third-order valence-electron chi connectivity index (χ3n) is 3.85. The third-order valence-corrected chi connectivity index (χ3v) is 7.18. The summed E-state index contributed by atoms with van der Waals surface area (Å²) in [5, 5.41) is 0. The van der Waals surface area contributed by atoms with Crippen molar-refractivity contribution in [1.82, 2.24) is 14.3 Å². The predicted molar refractivity (Wildman–Crippen MR) is 88.5 cm³/mol. The van der Waals surface area contributed by atoms with Crippen molar-refractivity contribution in [3.05, 3.63) is 35.0 Å². The molecule has 3 rings (SSSR count). The van der Waals surface area contributed by atoms with Crippen molar-refractivity contribution in [2.45, 2.75) is 36.3 Å². The first-order valence-electron chi connectivity index (χ1n) is 7.80. The standard InChI is InChI=1S/C15H16F3N3O3S2/c1-10-4-5-13(25-10)26(22,23)21-8-2-3-11(9-21)24-14-19-7-6-12(20-14)15(16,17)18/h4-7,11H,2-3,8-9H2,1H3. The Kier molecular flexibility index (Phi) is 5.22. The van der Waals surface area contributed by atoms with E-state index < -0.39 is 34.0 Å². The first-order valence-corrected chi connectivity index (χ1v) is 10.1. The quantitative estimate of drug-likeness (QED) is 0.779. The van der Waals surface area contributed by atoms with Crippen molar-refractivity contribution < 1.29 is 26.3 Å². The van der Waals surface area contributed by atoms with E-state index in [2.05, 4.69) is 9.97 Å². The van der Waals surface area contributed by atoms with Gasteiger partial charge in [0.05, 0.1) is 6.54 Å². The molecular formula is C15H16F3N3O3S2. The monoisotopic (exact) mass is 407 g/mol. The number of thiophene rings is 1. The number of piperidine rings is 1. The Labute approximate surface area is 152 Å². The molecule has 2 aromatic rings. The zero-order valence-electron chi connectivity index (χ0n) is 13.7. The van der Waals surface area contributed by atoms with Crippen LogP contribution in [0.25, 0.3) is 0 Å². The normalized spacial score (nSPS) is 19.5. The molecule has 1 saturated heterocycles. The molecule has 0 aliphatic carbocycles. The summed E-state index contributed by atoms with van der Waals surface area (Å²) < 4.78 is 70.5. The largest absolute Gasteiger partial charge is 0.459 e. The van der Waals surface area contributed by atoms with Gasteiger partial charge in [0.25, 0.3) is 10.0 Å². The minimum atomic E-state index is -4.60. The smallest absolute Gasteiger partial charge is 0.433 e. The van der Waals surface area contributed by atoms with Crippen LogP contribution in [0.3, 0.4) is 0 Å². The first kappa shape index (κ1) is 19.1. The molecule has 0 spiro atoms. The van der Waals surface area contributed by atoms with Crippen LogP contribution in [-0.2, 0) is 16.2 Å². The summed E-state index contributed by atoms with van der Waals surface area (Å²) in [7, 11) is -3.65. The number of hydrogen-bond donors (Lipinski definition) is 0. The maximum absolute atomic E-state index is 12.7. The van der Waals surface area contributed by atoms with Gasteiger partial charge < -0.3 is 4.74 Å². The number of hydrogen-bond acceptors (Lipinski definition) is 6. The van der Waals surface area contributed by atoms with Gasteiger partial charge in [0.2, 0.25) is 0 Å². The molecule has 0 radical (unpaired) electrons. The number of sulfonamides is 1. The zero-order chi connectivity index (χ0) is 18.9. The van der Waals surface area contributed by atoms with Crippen LogP contribution in [0, 0.1) is 6.92 Å². The molecule has 3 heterocycles. The number of ether oxygens (including phenoxy) is 1. The highest BCUT2D eigenvalue weighted by molar-refractivity contribution is 7.91. The van der Waals surface area contributed by atoms with Gasteiger partial charge in [0.1, 0.15) is 10.3 Å². The van der Waals surface area contributed by atoms with Gasteiger partial charge in [-0.25, -0.2) is 13.4 Å². The third kappa shape index (κ3) is 4.15. The van der Waals surface area contributed by atoms with Gasteiger partial charge in [0.15, 0.2) is 5.69 Å². The Morgan fingerprint density at radius 3 is 2.73 bits per heavy atom. The summed E-state index contributed by atoms with van der Waals surface area (Å²) >= 11 is 1.18. The molecule has 11 heteroatoms. The fourth-order valence-corrected chi connectivity index (χ4v) is 5.55. The van der Waals surface area contributed by atoms with E-state index in [1.165, 1.54) is 15.6 Å². The average molecular weight is 407 g/mol. The van der Waals surface area contributed by atoms with Crippen molar-refractivity contribution in [3.8, 4) is 6.01 Å². The molecule has 0 saturated carbocycles. The molecule has 0 aromatic carbocycles. The van der Waals surface area contributed by atoms with E-state index in [9.17, 15) is 21.6 Å². The number of aromatic nitrogens is 2. The number of alkyl halides is 3. The van der Waals surface area contributed by atoms with Crippen LogP contribution >= 0.6 is 11.3 Å². The second kappa shape index (κ2) is 7.12. The van der Waals surface area contributed by atoms with Gasteiger partial charge in [0, 0.05) is 17.6 Å². The fraction of sp³-hybridized carbons (Fsp3) is 0.467. The Morgan fingerprint density at radius 2 is 2.08 bits per heavy atom. The van der Waals surface area contributed by atoms with Gasteiger partial charge in [-0.1, -0.05) is 0 Å². The van der Waals surface area contributed by atoms with Crippen molar-refractivity contribution in [2.24, 2.45) is 0 Å². The highest BCUT2D eigenvalue weighted by Gasteiger charge is 2.35. The SMILES string of the molecule is Cc1ccc(S(=O)(=O)N2CCCC(Oc3nccc(C(F)(F)F)n3)C2)s1. The molecule has 1 aliphatic heterocycles. The van der Waals surface area contributed by atoms with E-state index in [-0.39, 0.29) is 10.8 Å². The van der Waals surface area contributed by atoms with Crippen LogP contribution in [-0.4, -0.2) is 41.9 Å². The van der Waals surface area contributed by atoms with Crippen molar-refractivity contribution in [3.63, 3.8) is 0 Å². The predicted octanol–water partition coefficient (Wildman–Crippen LogP) is 3.10. The number of rotatable bonds is 4. The highest BCUT2D eigenvalue weighted by Crippen LogP contribution is 2.29. The van der Waals surface area contributed by atoms with Gasteiger partial charge in [-0.3, -0.25) is 0 Å². The zero-order valence-corrected chi connectivity index (χ0v) is 15.4. The van der Waals surface area contributed by atoms with E-state index in [0.29, 0.717) is 19.4 Å². The van der Waals surface area contributed by atoms with E-state index in [1.54, 1.807) is 12.1 Å². The Hall–Kier alpha value is -1.72. The Bertz CT molecular complexity index is 884. The van der Waals surface area contributed by atoms with E-state index >= 15 is 0 Å². The van der Waals surface area contributed by atoms with Crippen LogP contribution in [0.4, 0.5) is 13.2 Å². The topological polar surface area (TPSA) is 72.4 Å². The van der Waals surface area contributed by atoms with E-state index in [1.807, 2.05) is 6.92 Å². The summed E-state index contributed by atoms with van der Waals surface area (Å²) in [6.07, 6.45) is -3.19. The minimum Gasteiger partial charge on any atom is -0.459 e. The van der Waals surface area contributed by atoms with Gasteiger partial charge in [-0.05, 0) is 38.0 Å². The molecule has 0 bridgehead atoms. The molecule has 2 aromatic heterocycles. The number of nitrogens with zero attached hydrogens (tertiary/aromatic N) is 3. The number of halogens is 3. The van der Waals surface area contributed by atoms with E-state index in [4.69, 9.17) is 4.74 Å². The van der Waals surface area contributed by atoms with Crippen LogP contribution < -0.4 is 4.74 Å². The summed E-state index contributed by atoms with van der Waals surface area (Å²) in [6, 6.07) is 3.63. The molecule has 1 unspecified atom stereocenters. The van der Waals surface area contributed by atoms with Crippen LogP contribution in [0.5, 0.6) is 6.01 Å². The molecule has 0 N–H and O–H groups in total. The Morgan fingerprint density at radius 1 is 1.31 bits per heavy atom. The van der Waals surface area contributed by atoms with Gasteiger partial charge in [-0.2, -0.15) is 22.5 Å². The second-order valence-corrected chi connectivity index (χ2v) is 9.29. The summed E-state index contributed by atoms with van der Waals surface area (Å²) in [5.74, 6) is 0. The molecule has 142 valence electrons. The maximum atomic E-state index is 12.7. The molecule has 1 fully saturated rings. The Balaban J connectivity index is 1.73. The molecule has 0 amide bonds. The molecule has 1 atom stereocenters. The lowest BCUT2D eigenvalue weighted by atomic mass is 10.1. The summed E-state index contributed by atoms with van der Waals surface area (Å²) in [6.45, 7) is 2.19.